The molecule has 0 aliphatic carbocycles. The number of nitrogens with one attached hydrogen (secondary N) is 3. The second kappa shape index (κ2) is 10.7. The van der Waals surface area contributed by atoms with Crippen LogP contribution in [0, 0.1) is 0 Å². The SMILES string of the molecule is O=C(COc1ccc(Br)cc1)NNC(=S)NC(=O)COc1ccccc1Cl. The maximum atomic E-state index is 11.8. The average molecular weight is 473 g/mol. The molecule has 0 aromatic heterocycles. The molecule has 3 N–H and O–H groups in total. The molecule has 2 aromatic carbocycles. The number of para-hydroxylation sites is 1. The largest absolute Gasteiger partial charge is 0.484 e. The van der Waals surface area contributed by atoms with Crippen molar-refractivity contribution >= 4 is 56.7 Å². The highest BCUT2D eigenvalue weighted by atomic mass is 79.9. The molecule has 0 aliphatic heterocycles. The Balaban J connectivity index is 1.64. The van der Waals surface area contributed by atoms with E-state index < -0.39 is 11.8 Å². The number of hydrogen-bond acceptors (Lipinski definition) is 5. The van der Waals surface area contributed by atoms with Crippen molar-refractivity contribution in [2.24, 2.45) is 0 Å². The van der Waals surface area contributed by atoms with Crippen LogP contribution in [-0.2, 0) is 9.59 Å². The Bertz CT molecular complexity index is 820. The van der Waals surface area contributed by atoms with Crippen LogP contribution in [0.1, 0.15) is 0 Å². The average Bonchev–Trinajstić information content (AvgIpc) is 2.65. The van der Waals surface area contributed by atoms with Crippen LogP contribution in [0.3, 0.4) is 0 Å². The zero-order valence-corrected chi connectivity index (χ0v) is 17.0. The monoisotopic (exact) mass is 471 g/mol. The molecule has 27 heavy (non-hydrogen) atoms. The van der Waals surface area contributed by atoms with Gasteiger partial charge in [0.1, 0.15) is 11.5 Å². The van der Waals surface area contributed by atoms with Crippen molar-refractivity contribution in [2.75, 3.05) is 13.2 Å². The number of hydrazine groups is 1. The minimum atomic E-state index is -0.507. The Morgan fingerprint density at radius 1 is 0.963 bits per heavy atom. The van der Waals surface area contributed by atoms with Gasteiger partial charge in [-0.15, -0.1) is 0 Å². The third-order valence-corrected chi connectivity index (χ3v) is 3.99. The Hall–Kier alpha value is -2.36. The molecule has 0 atom stereocenters. The number of benzene rings is 2. The van der Waals surface area contributed by atoms with Crippen LogP contribution in [0.5, 0.6) is 11.5 Å². The standard InChI is InChI=1S/C17H15BrClN3O4S/c18-11-5-7-12(8-6-11)25-10-16(24)21-22-17(27)20-15(23)9-26-14-4-2-1-3-13(14)19/h1-8H,9-10H2,(H,21,24)(H2,20,22,23,27). The van der Waals surface area contributed by atoms with Crippen molar-refractivity contribution in [1.82, 2.24) is 16.2 Å². The summed E-state index contributed by atoms with van der Waals surface area (Å²) in [6.45, 7) is -0.507. The zero-order valence-electron chi connectivity index (χ0n) is 13.8. The second-order valence-electron chi connectivity index (χ2n) is 5.01. The lowest BCUT2D eigenvalue weighted by atomic mass is 10.3. The number of thiocarbonyl (C=S) groups is 1. The van der Waals surface area contributed by atoms with Crippen molar-refractivity contribution in [3.05, 3.63) is 58.0 Å². The molecule has 0 saturated heterocycles. The van der Waals surface area contributed by atoms with E-state index in [1.54, 1.807) is 48.5 Å². The summed E-state index contributed by atoms with van der Waals surface area (Å²) >= 11 is 14.1. The molecule has 0 heterocycles. The summed E-state index contributed by atoms with van der Waals surface area (Å²) in [7, 11) is 0. The van der Waals surface area contributed by atoms with E-state index in [4.69, 9.17) is 33.3 Å². The highest BCUT2D eigenvalue weighted by molar-refractivity contribution is 9.10. The fourth-order valence-electron chi connectivity index (χ4n) is 1.74. The second-order valence-corrected chi connectivity index (χ2v) is 6.74. The van der Waals surface area contributed by atoms with Gasteiger partial charge in [0.25, 0.3) is 11.8 Å². The number of hydrogen-bond donors (Lipinski definition) is 3. The third-order valence-electron chi connectivity index (χ3n) is 2.95. The van der Waals surface area contributed by atoms with Gasteiger partial charge in [-0.3, -0.25) is 25.8 Å². The molecular formula is C17H15BrClN3O4S. The lowest BCUT2D eigenvalue weighted by Gasteiger charge is -2.12. The summed E-state index contributed by atoms with van der Waals surface area (Å²) in [5.74, 6) is -0.0536. The van der Waals surface area contributed by atoms with E-state index in [9.17, 15) is 9.59 Å². The van der Waals surface area contributed by atoms with Gasteiger partial charge in [0.05, 0.1) is 5.02 Å². The highest BCUT2D eigenvalue weighted by Crippen LogP contribution is 2.22. The molecule has 2 amide bonds. The maximum absolute atomic E-state index is 11.8. The molecule has 2 aromatic rings. The van der Waals surface area contributed by atoms with Crippen molar-refractivity contribution in [3.63, 3.8) is 0 Å². The Kier molecular flexibility index (Phi) is 8.31. The van der Waals surface area contributed by atoms with Crippen molar-refractivity contribution < 1.29 is 19.1 Å². The number of ether oxygens (including phenoxy) is 2. The van der Waals surface area contributed by atoms with Crippen LogP contribution in [0.15, 0.2) is 53.0 Å². The van der Waals surface area contributed by atoms with Gasteiger partial charge < -0.3 is 9.47 Å². The molecule has 7 nitrogen and oxygen atoms in total. The first-order chi connectivity index (χ1) is 12.9. The number of carbonyl (C=O) groups is 2. The smallest absolute Gasteiger partial charge is 0.276 e. The molecule has 0 aliphatic rings. The number of carbonyl (C=O) groups excluding carboxylic acids is 2. The van der Waals surface area contributed by atoms with Gasteiger partial charge in [-0.25, -0.2) is 0 Å². The minimum absolute atomic E-state index is 0.0836. The molecule has 0 spiro atoms. The predicted octanol–water partition coefficient (Wildman–Crippen LogP) is 2.58. The molecule has 0 bridgehead atoms. The lowest BCUT2D eigenvalue weighted by molar-refractivity contribution is -0.124. The Morgan fingerprint density at radius 3 is 2.33 bits per heavy atom. The van der Waals surface area contributed by atoms with E-state index in [-0.39, 0.29) is 18.3 Å². The third kappa shape index (κ3) is 7.81. The van der Waals surface area contributed by atoms with Crippen LogP contribution in [0.2, 0.25) is 5.02 Å². The topological polar surface area (TPSA) is 88.7 Å². The molecule has 0 unspecified atom stereocenters. The van der Waals surface area contributed by atoms with Crippen LogP contribution in [-0.4, -0.2) is 30.1 Å². The van der Waals surface area contributed by atoms with Gasteiger partial charge in [0.15, 0.2) is 18.3 Å². The number of rotatable bonds is 6. The van der Waals surface area contributed by atoms with Gasteiger partial charge in [-0.05, 0) is 48.6 Å². The number of amides is 2. The van der Waals surface area contributed by atoms with E-state index >= 15 is 0 Å². The van der Waals surface area contributed by atoms with E-state index in [0.717, 1.165) is 4.47 Å². The maximum Gasteiger partial charge on any atom is 0.276 e. The Labute approximate surface area is 174 Å². The highest BCUT2D eigenvalue weighted by Gasteiger charge is 2.09. The molecular weight excluding hydrogens is 458 g/mol. The van der Waals surface area contributed by atoms with Gasteiger partial charge in [-0.1, -0.05) is 39.7 Å². The zero-order chi connectivity index (χ0) is 19.6. The molecule has 0 radical (unpaired) electrons. The van der Waals surface area contributed by atoms with Gasteiger partial charge in [-0.2, -0.15) is 0 Å². The summed E-state index contributed by atoms with van der Waals surface area (Å²) in [5, 5.41) is 2.67. The Morgan fingerprint density at radius 2 is 1.63 bits per heavy atom. The quantitative estimate of drug-likeness (QED) is 0.442. The van der Waals surface area contributed by atoms with Gasteiger partial charge >= 0.3 is 0 Å². The lowest BCUT2D eigenvalue weighted by Crippen LogP contribution is -2.50. The van der Waals surface area contributed by atoms with Crippen LogP contribution < -0.4 is 25.6 Å². The molecule has 0 fully saturated rings. The van der Waals surface area contributed by atoms with E-state index in [1.165, 1.54) is 0 Å². The molecule has 0 saturated carbocycles. The number of halogens is 2. The van der Waals surface area contributed by atoms with Gasteiger partial charge in [0, 0.05) is 4.47 Å². The summed E-state index contributed by atoms with van der Waals surface area (Å²) in [6, 6.07) is 13.8. The van der Waals surface area contributed by atoms with Gasteiger partial charge in [0.2, 0.25) is 0 Å². The normalized spacial score (nSPS) is 9.85. The van der Waals surface area contributed by atoms with Crippen LogP contribution >= 0.6 is 39.7 Å². The van der Waals surface area contributed by atoms with E-state index in [2.05, 4.69) is 32.1 Å². The fourth-order valence-corrected chi connectivity index (χ4v) is 2.36. The van der Waals surface area contributed by atoms with E-state index in [0.29, 0.717) is 16.5 Å². The molecule has 142 valence electrons. The summed E-state index contributed by atoms with van der Waals surface area (Å²) < 4.78 is 11.5. The summed E-state index contributed by atoms with van der Waals surface area (Å²) in [4.78, 5) is 23.5. The summed E-state index contributed by atoms with van der Waals surface area (Å²) in [5.41, 5.74) is 4.71. The predicted molar refractivity (Wildman–Crippen MR) is 109 cm³/mol. The van der Waals surface area contributed by atoms with Crippen LogP contribution in [0.4, 0.5) is 0 Å². The van der Waals surface area contributed by atoms with Crippen molar-refractivity contribution in [2.45, 2.75) is 0 Å². The first-order valence-corrected chi connectivity index (χ1v) is 9.16. The summed E-state index contributed by atoms with van der Waals surface area (Å²) in [6.07, 6.45) is 0. The molecule has 2 rings (SSSR count). The van der Waals surface area contributed by atoms with Crippen molar-refractivity contribution in [3.8, 4) is 11.5 Å². The van der Waals surface area contributed by atoms with Crippen LogP contribution in [0.25, 0.3) is 0 Å². The fraction of sp³-hybridized carbons (Fsp3) is 0.118. The molecule has 10 heteroatoms. The van der Waals surface area contributed by atoms with E-state index in [1.807, 2.05) is 0 Å². The first kappa shape index (κ1) is 20.9. The minimum Gasteiger partial charge on any atom is -0.484 e. The van der Waals surface area contributed by atoms with Crippen molar-refractivity contribution in [1.29, 1.82) is 0 Å². The first-order valence-electron chi connectivity index (χ1n) is 7.58.